The van der Waals surface area contributed by atoms with Crippen LogP contribution in [0, 0.1) is 6.92 Å². The van der Waals surface area contributed by atoms with E-state index in [9.17, 15) is 4.79 Å². The first-order valence-electron chi connectivity index (χ1n) is 6.23. The molecule has 0 unspecified atom stereocenters. The van der Waals surface area contributed by atoms with Crippen LogP contribution in [-0.4, -0.2) is 19.7 Å². The highest BCUT2D eigenvalue weighted by Crippen LogP contribution is 2.23. The van der Waals surface area contributed by atoms with Crippen LogP contribution >= 0.6 is 11.6 Å². The Bertz CT molecular complexity index is 851. The quantitative estimate of drug-likeness (QED) is 0.759. The van der Waals surface area contributed by atoms with Gasteiger partial charge in [-0.3, -0.25) is 9.78 Å². The molecule has 21 heavy (non-hydrogen) atoms. The zero-order valence-electron chi connectivity index (χ0n) is 11.2. The van der Waals surface area contributed by atoms with Crippen molar-refractivity contribution in [3.8, 4) is 17.2 Å². The van der Waals surface area contributed by atoms with Crippen LogP contribution in [0.2, 0.25) is 5.02 Å². The molecule has 3 aromatic rings. The first-order chi connectivity index (χ1) is 10.0. The van der Waals surface area contributed by atoms with Gasteiger partial charge in [-0.25, -0.2) is 4.98 Å². The molecule has 0 saturated heterocycles. The van der Waals surface area contributed by atoms with E-state index in [2.05, 4.69) is 15.1 Å². The number of hydrogen-bond donors (Lipinski definition) is 2. The lowest BCUT2D eigenvalue weighted by Gasteiger charge is -2.03. The molecular formula is C14H12ClN5O. The maximum Gasteiger partial charge on any atom is 0.252 e. The summed E-state index contributed by atoms with van der Waals surface area (Å²) < 4.78 is 1.40. The highest BCUT2D eigenvalue weighted by molar-refractivity contribution is 6.30. The molecule has 0 aliphatic rings. The van der Waals surface area contributed by atoms with Crippen molar-refractivity contribution in [2.45, 2.75) is 6.92 Å². The van der Waals surface area contributed by atoms with Crippen LogP contribution in [0.5, 0.6) is 0 Å². The van der Waals surface area contributed by atoms with E-state index in [-0.39, 0.29) is 11.5 Å². The van der Waals surface area contributed by atoms with Crippen molar-refractivity contribution in [2.24, 2.45) is 0 Å². The van der Waals surface area contributed by atoms with Gasteiger partial charge >= 0.3 is 0 Å². The molecule has 0 radical (unpaired) electrons. The van der Waals surface area contributed by atoms with Crippen molar-refractivity contribution in [1.82, 2.24) is 19.7 Å². The summed E-state index contributed by atoms with van der Waals surface area (Å²) >= 11 is 5.87. The predicted octanol–water partition coefficient (Wildman–Crippen LogP) is 2.17. The lowest BCUT2D eigenvalue weighted by molar-refractivity contribution is 0.805. The fourth-order valence-corrected chi connectivity index (χ4v) is 2.12. The smallest absolute Gasteiger partial charge is 0.252 e. The second-order valence-corrected chi connectivity index (χ2v) is 5.02. The van der Waals surface area contributed by atoms with Gasteiger partial charge in [0.15, 0.2) is 0 Å². The van der Waals surface area contributed by atoms with E-state index >= 15 is 0 Å². The van der Waals surface area contributed by atoms with Crippen LogP contribution in [-0.2, 0) is 0 Å². The Hall–Kier alpha value is -2.60. The van der Waals surface area contributed by atoms with E-state index < -0.39 is 0 Å². The van der Waals surface area contributed by atoms with Crippen LogP contribution in [0.15, 0.2) is 41.2 Å². The molecule has 0 fully saturated rings. The van der Waals surface area contributed by atoms with Crippen molar-refractivity contribution in [3.63, 3.8) is 0 Å². The van der Waals surface area contributed by atoms with E-state index in [1.165, 1.54) is 10.7 Å². The molecule has 1 aromatic carbocycles. The highest BCUT2D eigenvalue weighted by atomic mass is 35.5. The van der Waals surface area contributed by atoms with Gasteiger partial charge in [0.05, 0.1) is 5.69 Å². The van der Waals surface area contributed by atoms with Gasteiger partial charge in [-0.15, -0.1) is 0 Å². The Kier molecular flexibility index (Phi) is 3.23. The number of nitrogens with one attached hydrogen (secondary N) is 1. The van der Waals surface area contributed by atoms with E-state index in [0.29, 0.717) is 22.2 Å². The van der Waals surface area contributed by atoms with Crippen LogP contribution in [0.3, 0.4) is 0 Å². The highest BCUT2D eigenvalue weighted by Gasteiger charge is 2.11. The number of nitrogens with two attached hydrogens (primary N) is 1. The Morgan fingerprint density at radius 3 is 2.62 bits per heavy atom. The summed E-state index contributed by atoms with van der Waals surface area (Å²) in [5.74, 6) is 0.673. The van der Waals surface area contributed by atoms with Gasteiger partial charge in [-0.2, -0.15) is 9.78 Å². The summed E-state index contributed by atoms with van der Waals surface area (Å²) in [4.78, 5) is 18.4. The molecule has 0 bridgehead atoms. The number of nitrogens with zero attached hydrogens (tertiary/aromatic N) is 3. The van der Waals surface area contributed by atoms with Gasteiger partial charge in [-0.1, -0.05) is 23.7 Å². The molecular weight excluding hydrogens is 290 g/mol. The number of anilines is 1. The molecule has 106 valence electrons. The minimum atomic E-state index is -0.250. The number of halogens is 1. The summed E-state index contributed by atoms with van der Waals surface area (Å²) in [5.41, 5.74) is 7.85. The standard InChI is InChI=1S/C14H12ClN5O/c1-8-6-13(21)18-14(17-8)20-12(16)7-11(19-20)9-2-4-10(15)5-3-9/h2-7H,16H2,1H3,(H,17,18,21). The first-order valence-corrected chi connectivity index (χ1v) is 6.60. The number of H-pyrrole nitrogens is 1. The average Bonchev–Trinajstić information content (AvgIpc) is 2.80. The Morgan fingerprint density at radius 2 is 1.95 bits per heavy atom. The zero-order chi connectivity index (χ0) is 15.0. The molecule has 0 amide bonds. The molecule has 2 aromatic heterocycles. The largest absolute Gasteiger partial charge is 0.383 e. The number of aromatic nitrogens is 4. The van der Waals surface area contributed by atoms with Crippen LogP contribution in [0.25, 0.3) is 17.2 Å². The van der Waals surface area contributed by atoms with Crippen molar-refractivity contribution < 1.29 is 0 Å². The third-order valence-electron chi connectivity index (χ3n) is 2.93. The van der Waals surface area contributed by atoms with E-state index in [1.54, 1.807) is 25.1 Å². The third kappa shape index (κ3) is 2.66. The summed E-state index contributed by atoms with van der Waals surface area (Å²) in [6.45, 7) is 1.73. The van der Waals surface area contributed by atoms with Gasteiger partial charge in [-0.05, 0) is 19.1 Å². The Balaban J connectivity index is 2.09. The minimum Gasteiger partial charge on any atom is -0.383 e. The number of aryl methyl sites for hydroxylation is 1. The van der Waals surface area contributed by atoms with Gasteiger partial charge < -0.3 is 5.73 Å². The fraction of sp³-hybridized carbons (Fsp3) is 0.0714. The summed E-state index contributed by atoms with van der Waals surface area (Å²) in [7, 11) is 0. The maximum absolute atomic E-state index is 11.5. The van der Waals surface area contributed by atoms with Crippen molar-refractivity contribution >= 4 is 17.4 Å². The normalized spacial score (nSPS) is 10.8. The third-order valence-corrected chi connectivity index (χ3v) is 3.19. The molecule has 0 aliphatic carbocycles. The lowest BCUT2D eigenvalue weighted by Crippen LogP contribution is -2.15. The summed E-state index contributed by atoms with van der Waals surface area (Å²) in [6.07, 6.45) is 0. The molecule has 0 aliphatic heterocycles. The molecule has 3 N–H and O–H groups in total. The number of rotatable bonds is 2. The topological polar surface area (TPSA) is 89.6 Å². The monoisotopic (exact) mass is 301 g/mol. The van der Waals surface area contributed by atoms with Crippen LogP contribution in [0.4, 0.5) is 5.82 Å². The number of nitrogen functional groups attached to an aromatic ring is 1. The van der Waals surface area contributed by atoms with Crippen molar-refractivity contribution in [1.29, 1.82) is 0 Å². The number of hydrogen-bond acceptors (Lipinski definition) is 4. The zero-order valence-corrected chi connectivity index (χ0v) is 11.9. The van der Waals surface area contributed by atoms with E-state index in [0.717, 1.165) is 5.56 Å². The molecule has 3 rings (SSSR count). The Morgan fingerprint density at radius 1 is 1.24 bits per heavy atom. The van der Waals surface area contributed by atoms with Crippen LogP contribution < -0.4 is 11.3 Å². The lowest BCUT2D eigenvalue weighted by atomic mass is 10.1. The second kappa shape index (κ2) is 5.06. The number of aromatic amines is 1. The number of benzene rings is 1. The Labute approximate surface area is 125 Å². The van der Waals surface area contributed by atoms with Gasteiger partial charge in [0.2, 0.25) is 5.95 Å². The van der Waals surface area contributed by atoms with Crippen molar-refractivity contribution in [3.05, 3.63) is 57.5 Å². The van der Waals surface area contributed by atoms with Gasteiger partial charge in [0.25, 0.3) is 5.56 Å². The first kappa shape index (κ1) is 13.4. The van der Waals surface area contributed by atoms with E-state index in [1.807, 2.05) is 12.1 Å². The maximum atomic E-state index is 11.5. The van der Waals surface area contributed by atoms with Crippen molar-refractivity contribution in [2.75, 3.05) is 5.73 Å². The average molecular weight is 302 g/mol. The molecule has 0 spiro atoms. The fourth-order valence-electron chi connectivity index (χ4n) is 1.99. The predicted molar refractivity (Wildman–Crippen MR) is 81.6 cm³/mol. The van der Waals surface area contributed by atoms with Crippen LogP contribution in [0.1, 0.15) is 5.69 Å². The molecule has 6 nitrogen and oxygen atoms in total. The second-order valence-electron chi connectivity index (χ2n) is 4.58. The summed E-state index contributed by atoms with van der Waals surface area (Å²) in [6, 6.07) is 10.4. The van der Waals surface area contributed by atoms with Gasteiger partial charge in [0, 0.05) is 28.4 Å². The molecule has 0 saturated carbocycles. The SMILES string of the molecule is Cc1cc(=O)[nH]c(-n2nc(-c3ccc(Cl)cc3)cc2N)n1. The molecule has 0 atom stereocenters. The van der Waals surface area contributed by atoms with Gasteiger partial charge in [0.1, 0.15) is 5.82 Å². The summed E-state index contributed by atoms with van der Waals surface area (Å²) in [5, 5.41) is 5.03. The molecule has 7 heteroatoms. The minimum absolute atomic E-state index is 0.250. The molecule has 2 heterocycles. The van der Waals surface area contributed by atoms with E-state index in [4.69, 9.17) is 17.3 Å².